The van der Waals surface area contributed by atoms with Crippen LogP contribution in [0, 0.1) is 0 Å². The molecule has 0 heterocycles. The molecule has 1 unspecified atom stereocenters. The maximum Gasteiger partial charge on any atom is 0.335 e. The Kier molecular flexibility index (Phi) is 5.19. The second kappa shape index (κ2) is 6.43. The first-order valence-electron chi connectivity index (χ1n) is 5.26. The van der Waals surface area contributed by atoms with Gasteiger partial charge in [0.1, 0.15) is 0 Å². The highest BCUT2D eigenvalue weighted by Gasteiger charge is 2.06. The molecule has 1 aromatic carbocycles. The van der Waals surface area contributed by atoms with Gasteiger partial charge in [-0.2, -0.15) is 11.8 Å². The van der Waals surface area contributed by atoms with Gasteiger partial charge in [0.05, 0.1) is 5.56 Å². The fourth-order valence-electron chi connectivity index (χ4n) is 1.41. The van der Waals surface area contributed by atoms with E-state index < -0.39 is 5.97 Å². The summed E-state index contributed by atoms with van der Waals surface area (Å²) in [7, 11) is 0. The lowest BCUT2D eigenvalue weighted by Gasteiger charge is -2.17. The van der Waals surface area contributed by atoms with Crippen molar-refractivity contribution in [1.82, 2.24) is 0 Å². The zero-order valence-corrected chi connectivity index (χ0v) is 10.4. The van der Waals surface area contributed by atoms with Crippen molar-refractivity contribution in [3.05, 3.63) is 29.8 Å². The van der Waals surface area contributed by atoms with Crippen molar-refractivity contribution < 1.29 is 9.90 Å². The predicted molar refractivity (Wildman–Crippen MR) is 69.5 cm³/mol. The molecule has 0 aliphatic heterocycles. The minimum absolute atomic E-state index is 0.323. The lowest BCUT2D eigenvalue weighted by molar-refractivity contribution is 0.0697. The van der Waals surface area contributed by atoms with E-state index in [-0.39, 0.29) is 0 Å². The van der Waals surface area contributed by atoms with Crippen molar-refractivity contribution in [2.45, 2.75) is 19.4 Å². The SMILES string of the molecule is CCC(CSC)Nc1ccc(C(=O)O)cc1. The molecule has 0 saturated carbocycles. The van der Waals surface area contributed by atoms with Gasteiger partial charge in [-0.05, 0) is 36.9 Å². The Morgan fingerprint density at radius 3 is 2.50 bits per heavy atom. The molecule has 1 atom stereocenters. The van der Waals surface area contributed by atoms with Crippen molar-refractivity contribution in [3.8, 4) is 0 Å². The van der Waals surface area contributed by atoms with Gasteiger partial charge in [0.15, 0.2) is 0 Å². The van der Waals surface area contributed by atoms with E-state index in [0.717, 1.165) is 17.9 Å². The second-order valence-electron chi connectivity index (χ2n) is 3.59. The van der Waals surface area contributed by atoms with E-state index >= 15 is 0 Å². The van der Waals surface area contributed by atoms with Gasteiger partial charge in [0.25, 0.3) is 0 Å². The number of anilines is 1. The third kappa shape index (κ3) is 3.77. The molecule has 1 rings (SSSR count). The lowest BCUT2D eigenvalue weighted by Crippen LogP contribution is -2.20. The maximum atomic E-state index is 10.7. The summed E-state index contributed by atoms with van der Waals surface area (Å²) in [5, 5.41) is 12.1. The minimum Gasteiger partial charge on any atom is -0.478 e. The third-order valence-corrected chi connectivity index (χ3v) is 3.10. The van der Waals surface area contributed by atoms with Gasteiger partial charge < -0.3 is 10.4 Å². The quantitative estimate of drug-likeness (QED) is 0.801. The van der Waals surface area contributed by atoms with Gasteiger partial charge in [-0.25, -0.2) is 4.79 Å². The zero-order valence-electron chi connectivity index (χ0n) is 9.56. The van der Waals surface area contributed by atoms with Crippen LogP contribution in [0.3, 0.4) is 0 Å². The van der Waals surface area contributed by atoms with Crippen LogP contribution in [0.4, 0.5) is 5.69 Å². The Morgan fingerprint density at radius 1 is 1.44 bits per heavy atom. The number of carbonyl (C=O) groups is 1. The third-order valence-electron chi connectivity index (χ3n) is 2.36. The first-order valence-corrected chi connectivity index (χ1v) is 6.65. The molecular weight excluding hydrogens is 222 g/mol. The second-order valence-corrected chi connectivity index (χ2v) is 4.50. The Morgan fingerprint density at radius 2 is 2.06 bits per heavy atom. The van der Waals surface area contributed by atoms with E-state index in [1.807, 2.05) is 12.1 Å². The Hall–Kier alpha value is -1.16. The van der Waals surface area contributed by atoms with E-state index in [1.54, 1.807) is 23.9 Å². The van der Waals surface area contributed by atoms with Crippen LogP contribution < -0.4 is 5.32 Å². The summed E-state index contributed by atoms with van der Waals surface area (Å²) in [5.41, 5.74) is 1.30. The topological polar surface area (TPSA) is 49.3 Å². The first kappa shape index (κ1) is 12.9. The van der Waals surface area contributed by atoms with Gasteiger partial charge in [-0.15, -0.1) is 0 Å². The van der Waals surface area contributed by atoms with Gasteiger partial charge in [0, 0.05) is 17.5 Å². The van der Waals surface area contributed by atoms with Crippen LogP contribution in [-0.4, -0.2) is 29.1 Å². The van der Waals surface area contributed by atoms with E-state index in [2.05, 4.69) is 18.5 Å². The number of rotatable bonds is 6. The van der Waals surface area contributed by atoms with E-state index in [1.165, 1.54) is 0 Å². The fraction of sp³-hybridized carbons (Fsp3) is 0.417. The van der Waals surface area contributed by atoms with Crippen LogP contribution >= 0.6 is 11.8 Å². The van der Waals surface area contributed by atoms with E-state index in [9.17, 15) is 4.79 Å². The first-order chi connectivity index (χ1) is 7.67. The Labute approximate surface area is 100 Å². The number of nitrogens with one attached hydrogen (secondary N) is 1. The number of benzene rings is 1. The molecule has 3 nitrogen and oxygen atoms in total. The Balaban J connectivity index is 2.63. The average Bonchev–Trinajstić information content (AvgIpc) is 2.29. The zero-order chi connectivity index (χ0) is 12.0. The molecule has 0 saturated heterocycles. The molecule has 2 N–H and O–H groups in total. The van der Waals surface area contributed by atoms with E-state index in [0.29, 0.717) is 11.6 Å². The molecule has 0 radical (unpaired) electrons. The summed E-state index contributed by atoms with van der Waals surface area (Å²) < 4.78 is 0. The van der Waals surface area contributed by atoms with Crippen LogP contribution in [0.2, 0.25) is 0 Å². The number of carboxylic acid groups (broad SMARTS) is 1. The average molecular weight is 239 g/mol. The van der Waals surface area contributed by atoms with Crippen molar-refractivity contribution in [2.24, 2.45) is 0 Å². The largest absolute Gasteiger partial charge is 0.478 e. The highest BCUT2D eigenvalue weighted by molar-refractivity contribution is 7.98. The Bertz CT molecular complexity index is 337. The number of hydrogen-bond acceptors (Lipinski definition) is 3. The van der Waals surface area contributed by atoms with Gasteiger partial charge in [-0.3, -0.25) is 0 Å². The summed E-state index contributed by atoms with van der Waals surface area (Å²) in [5.74, 6) is 0.166. The van der Waals surface area contributed by atoms with Crippen LogP contribution in [0.15, 0.2) is 24.3 Å². The number of hydrogen-bond donors (Lipinski definition) is 2. The molecular formula is C12H17NO2S. The summed E-state index contributed by atoms with van der Waals surface area (Å²) >= 11 is 1.80. The number of thioether (sulfide) groups is 1. The molecule has 0 aliphatic carbocycles. The van der Waals surface area contributed by atoms with Gasteiger partial charge >= 0.3 is 5.97 Å². The fourth-order valence-corrected chi connectivity index (χ4v) is 2.13. The minimum atomic E-state index is -0.886. The van der Waals surface area contributed by atoms with Crippen LogP contribution in [-0.2, 0) is 0 Å². The molecule has 16 heavy (non-hydrogen) atoms. The lowest BCUT2D eigenvalue weighted by atomic mass is 10.2. The van der Waals surface area contributed by atoms with E-state index in [4.69, 9.17) is 5.11 Å². The van der Waals surface area contributed by atoms with Crippen molar-refractivity contribution in [3.63, 3.8) is 0 Å². The predicted octanol–water partition coefficient (Wildman–Crippen LogP) is 2.94. The van der Waals surface area contributed by atoms with Crippen LogP contribution in [0.5, 0.6) is 0 Å². The number of aromatic carboxylic acids is 1. The standard InChI is InChI=1S/C12H17NO2S/c1-3-10(8-16-2)13-11-6-4-9(5-7-11)12(14)15/h4-7,10,13H,3,8H2,1-2H3,(H,14,15). The highest BCUT2D eigenvalue weighted by Crippen LogP contribution is 2.13. The molecule has 0 aliphatic rings. The molecule has 0 amide bonds. The molecule has 0 bridgehead atoms. The smallest absolute Gasteiger partial charge is 0.335 e. The van der Waals surface area contributed by atoms with Crippen molar-refractivity contribution in [2.75, 3.05) is 17.3 Å². The maximum absolute atomic E-state index is 10.7. The summed E-state index contributed by atoms with van der Waals surface area (Å²) in [6, 6.07) is 7.30. The van der Waals surface area contributed by atoms with Gasteiger partial charge in [0.2, 0.25) is 0 Å². The van der Waals surface area contributed by atoms with Gasteiger partial charge in [-0.1, -0.05) is 6.92 Å². The molecule has 4 heteroatoms. The molecule has 0 fully saturated rings. The van der Waals surface area contributed by atoms with Crippen molar-refractivity contribution >= 4 is 23.4 Å². The summed E-state index contributed by atoms with van der Waals surface area (Å²) in [6.45, 7) is 2.14. The van der Waals surface area contributed by atoms with Crippen LogP contribution in [0.1, 0.15) is 23.7 Å². The molecule has 0 aromatic heterocycles. The molecule has 1 aromatic rings. The summed E-state index contributed by atoms with van der Waals surface area (Å²) in [6.07, 6.45) is 3.14. The molecule has 0 spiro atoms. The highest BCUT2D eigenvalue weighted by atomic mass is 32.2. The normalized spacial score (nSPS) is 12.1. The molecule has 88 valence electrons. The summed E-state index contributed by atoms with van der Waals surface area (Å²) in [4.78, 5) is 10.7. The monoisotopic (exact) mass is 239 g/mol. The number of carboxylic acids is 1. The van der Waals surface area contributed by atoms with Crippen molar-refractivity contribution in [1.29, 1.82) is 0 Å². The van der Waals surface area contributed by atoms with Crippen LogP contribution in [0.25, 0.3) is 0 Å².